The highest BCUT2D eigenvalue weighted by Gasteiger charge is 2.34. The summed E-state index contributed by atoms with van der Waals surface area (Å²) < 4.78 is 24.2. The third kappa shape index (κ3) is 3.67. The maximum Gasteiger partial charge on any atom is 0.224 e. The van der Waals surface area contributed by atoms with Crippen molar-refractivity contribution in [2.24, 2.45) is 5.73 Å². The summed E-state index contributed by atoms with van der Waals surface area (Å²) in [6, 6.07) is 0. The Labute approximate surface area is 115 Å². The molecule has 0 unspecified atom stereocenters. The fraction of sp³-hybridized carbons (Fsp3) is 0.917. The molecule has 0 aromatic heterocycles. The maximum absolute atomic E-state index is 12.2. The predicted molar refractivity (Wildman–Crippen MR) is 73.0 cm³/mol. The zero-order valence-corrected chi connectivity index (χ0v) is 12.3. The molecule has 2 aliphatic rings. The van der Waals surface area contributed by atoms with Gasteiger partial charge in [-0.05, 0) is 12.8 Å². The molecular formula is C12H23N3O3S. The summed E-state index contributed by atoms with van der Waals surface area (Å²) in [6.45, 7) is 1.73. The van der Waals surface area contributed by atoms with Gasteiger partial charge in [0.05, 0.1) is 6.26 Å². The van der Waals surface area contributed by atoms with Gasteiger partial charge in [-0.25, -0.2) is 8.42 Å². The molecule has 0 aromatic rings. The average molecular weight is 289 g/mol. The van der Waals surface area contributed by atoms with Crippen molar-refractivity contribution in [1.29, 1.82) is 0 Å². The highest BCUT2D eigenvalue weighted by molar-refractivity contribution is 7.88. The number of piperazine rings is 1. The predicted octanol–water partition coefficient (Wildman–Crippen LogP) is -0.248. The van der Waals surface area contributed by atoms with Crippen LogP contribution in [0.25, 0.3) is 0 Å². The number of carbonyl (C=O) groups excluding carboxylic acids is 1. The average Bonchev–Trinajstić information content (AvgIpc) is 2.75. The first-order valence-electron chi connectivity index (χ1n) is 6.82. The quantitative estimate of drug-likeness (QED) is 0.776. The van der Waals surface area contributed by atoms with E-state index in [1.165, 1.54) is 10.6 Å². The van der Waals surface area contributed by atoms with Gasteiger partial charge in [-0.3, -0.25) is 4.79 Å². The topological polar surface area (TPSA) is 83.7 Å². The van der Waals surface area contributed by atoms with Crippen LogP contribution in [0, 0.1) is 0 Å². The van der Waals surface area contributed by atoms with Crippen LogP contribution >= 0.6 is 0 Å². The maximum atomic E-state index is 12.2. The van der Waals surface area contributed by atoms with E-state index in [0.29, 0.717) is 32.6 Å². The van der Waals surface area contributed by atoms with Crippen LogP contribution in [0.15, 0.2) is 0 Å². The second-order valence-electron chi connectivity index (χ2n) is 5.79. The Morgan fingerprint density at radius 2 is 1.68 bits per heavy atom. The van der Waals surface area contributed by atoms with E-state index < -0.39 is 10.0 Å². The van der Waals surface area contributed by atoms with Gasteiger partial charge in [0, 0.05) is 38.1 Å². The summed E-state index contributed by atoms with van der Waals surface area (Å²) in [4.78, 5) is 13.9. The van der Waals surface area contributed by atoms with Gasteiger partial charge in [-0.1, -0.05) is 12.8 Å². The highest BCUT2D eigenvalue weighted by Crippen LogP contribution is 2.30. The number of nitrogens with zero attached hydrogens (tertiary/aromatic N) is 2. The number of hydrogen-bond acceptors (Lipinski definition) is 4. The van der Waals surface area contributed by atoms with Crippen molar-refractivity contribution in [3.05, 3.63) is 0 Å². The number of hydrogen-bond donors (Lipinski definition) is 1. The van der Waals surface area contributed by atoms with Crippen LogP contribution in [-0.4, -0.2) is 61.5 Å². The van der Waals surface area contributed by atoms with E-state index >= 15 is 0 Å². The van der Waals surface area contributed by atoms with Gasteiger partial charge in [-0.15, -0.1) is 0 Å². The summed E-state index contributed by atoms with van der Waals surface area (Å²) in [5, 5.41) is 0. The molecule has 0 radical (unpaired) electrons. The Balaban J connectivity index is 1.86. The molecule has 1 saturated heterocycles. The number of carbonyl (C=O) groups is 1. The molecule has 2 rings (SSSR count). The highest BCUT2D eigenvalue weighted by atomic mass is 32.2. The smallest absolute Gasteiger partial charge is 0.224 e. The van der Waals surface area contributed by atoms with Gasteiger partial charge in [0.25, 0.3) is 0 Å². The molecule has 0 aromatic carbocycles. The zero-order chi connectivity index (χ0) is 14.1. The minimum absolute atomic E-state index is 0.0672. The van der Waals surface area contributed by atoms with Crippen molar-refractivity contribution < 1.29 is 13.2 Å². The molecule has 1 amide bonds. The third-order valence-electron chi connectivity index (χ3n) is 4.16. The first kappa shape index (κ1) is 14.7. The molecule has 7 heteroatoms. The monoisotopic (exact) mass is 289 g/mol. The summed E-state index contributed by atoms with van der Waals surface area (Å²) in [6.07, 6.45) is 5.64. The SMILES string of the molecule is CS(=O)(=O)N1CCN(C(=O)CC2(N)CCCC2)CC1. The standard InChI is InChI=1S/C12H23N3O3S/c1-19(17,18)15-8-6-14(7-9-15)11(16)10-12(13)4-2-3-5-12/h2-10,13H2,1H3. The molecule has 19 heavy (non-hydrogen) atoms. The zero-order valence-electron chi connectivity index (χ0n) is 11.5. The third-order valence-corrected chi connectivity index (χ3v) is 5.47. The van der Waals surface area contributed by atoms with Crippen LogP contribution in [0.1, 0.15) is 32.1 Å². The molecule has 0 spiro atoms. The van der Waals surface area contributed by atoms with Crippen molar-refractivity contribution in [2.75, 3.05) is 32.4 Å². The Morgan fingerprint density at radius 1 is 1.16 bits per heavy atom. The van der Waals surface area contributed by atoms with Crippen molar-refractivity contribution in [3.8, 4) is 0 Å². The van der Waals surface area contributed by atoms with Crippen LogP contribution in [0.3, 0.4) is 0 Å². The Bertz CT molecular complexity index is 435. The molecular weight excluding hydrogens is 266 g/mol. The summed E-state index contributed by atoms with van der Waals surface area (Å²) in [5.74, 6) is 0.0672. The van der Waals surface area contributed by atoms with Gasteiger partial charge >= 0.3 is 0 Å². The fourth-order valence-corrected chi connectivity index (χ4v) is 3.76. The summed E-state index contributed by atoms with van der Waals surface area (Å²) in [7, 11) is -3.14. The largest absolute Gasteiger partial charge is 0.340 e. The van der Waals surface area contributed by atoms with Gasteiger partial charge < -0.3 is 10.6 Å². The van der Waals surface area contributed by atoms with Gasteiger partial charge in [0.1, 0.15) is 0 Å². The van der Waals surface area contributed by atoms with Crippen LogP contribution in [0.5, 0.6) is 0 Å². The molecule has 0 bridgehead atoms. The van der Waals surface area contributed by atoms with E-state index in [1.54, 1.807) is 4.90 Å². The van der Waals surface area contributed by atoms with Crippen LogP contribution in [0.2, 0.25) is 0 Å². The second kappa shape index (κ2) is 5.38. The van der Waals surface area contributed by atoms with Crippen LogP contribution < -0.4 is 5.73 Å². The lowest BCUT2D eigenvalue weighted by Gasteiger charge is -2.35. The molecule has 6 nitrogen and oxygen atoms in total. The molecule has 0 atom stereocenters. The van der Waals surface area contributed by atoms with Crippen LogP contribution in [-0.2, 0) is 14.8 Å². The van der Waals surface area contributed by atoms with Crippen molar-refractivity contribution in [3.63, 3.8) is 0 Å². The van der Waals surface area contributed by atoms with Crippen molar-refractivity contribution in [2.45, 2.75) is 37.6 Å². The van der Waals surface area contributed by atoms with E-state index in [4.69, 9.17) is 5.73 Å². The lowest BCUT2D eigenvalue weighted by molar-refractivity contribution is -0.133. The second-order valence-corrected chi connectivity index (χ2v) is 7.77. The van der Waals surface area contributed by atoms with E-state index in [2.05, 4.69) is 0 Å². The Morgan fingerprint density at radius 3 is 2.16 bits per heavy atom. The van der Waals surface area contributed by atoms with E-state index in [-0.39, 0.29) is 11.4 Å². The normalized spacial score (nSPS) is 24.6. The Hall–Kier alpha value is -0.660. The minimum Gasteiger partial charge on any atom is -0.340 e. The van der Waals surface area contributed by atoms with Gasteiger partial charge in [0.2, 0.25) is 15.9 Å². The van der Waals surface area contributed by atoms with Gasteiger partial charge in [0.15, 0.2) is 0 Å². The van der Waals surface area contributed by atoms with Crippen molar-refractivity contribution >= 4 is 15.9 Å². The molecule has 110 valence electrons. The summed E-state index contributed by atoms with van der Waals surface area (Å²) in [5.41, 5.74) is 5.88. The first-order valence-corrected chi connectivity index (χ1v) is 8.67. The molecule has 2 fully saturated rings. The number of nitrogens with two attached hydrogens (primary N) is 1. The number of rotatable bonds is 3. The number of sulfonamides is 1. The molecule has 1 aliphatic carbocycles. The van der Waals surface area contributed by atoms with E-state index in [9.17, 15) is 13.2 Å². The molecule has 1 saturated carbocycles. The van der Waals surface area contributed by atoms with Gasteiger partial charge in [-0.2, -0.15) is 4.31 Å². The fourth-order valence-electron chi connectivity index (χ4n) is 2.94. The number of amides is 1. The first-order chi connectivity index (χ1) is 8.80. The lowest BCUT2D eigenvalue weighted by atomic mass is 9.94. The molecule has 2 N–H and O–H groups in total. The van der Waals surface area contributed by atoms with Crippen molar-refractivity contribution in [1.82, 2.24) is 9.21 Å². The molecule has 1 heterocycles. The lowest BCUT2D eigenvalue weighted by Crippen LogP contribution is -2.52. The Kier molecular flexibility index (Phi) is 4.17. The van der Waals surface area contributed by atoms with Crippen LogP contribution in [0.4, 0.5) is 0 Å². The van der Waals surface area contributed by atoms with E-state index in [0.717, 1.165) is 25.7 Å². The minimum atomic E-state index is -3.14. The van der Waals surface area contributed by atoms with E-state index in [1.807, 2.05) is 0 Å². The molecule has 1 aliphatic heterocycles. The summed E-state index contributed by atoms with van der Waals surface area (Å²) >= 11 is 0.